The number of rotatable bonds is 7. The van der Waals surface area contributed by atoms with Crippen molar-refractivity contribution in [3.05, 3.63) is 89.5 Å². The SMILES string of the molecule is Cc1ccc(Nc2nc3cc(Oc4ccnc(CC(N)=O)c4)ccc3n2C)cc1-c1ccncc1Cl. The van der Waals surface area contributed by atoms with E-state index in [1.54, 1.807) is 30.7 Å². The Morgan fingerprint density at radius 2 is 1.89 bits per heavy atom. The Labute approximate surface area is 212 Å². The summed E-state index contributed by atoms with van der Waals surface area (Å²) in [6.07, 6.45) is 5.02. The van der Waals surface area contributed by atoms with E-state index in [-0.39, 0.29) is 6.42 Å². The Morgan fingerprint density at radius 3 is 2.69 bits per heavy atom. The van der Waals surface area contributed by atoms with Gasteiger partial charge in [-0.05, 0) is 54.4 Å². The number of amides is 1. The molecule has 1 amide bonds. The number of carbonyl (C=O) groups excluding carboxylic acids is 1. The maximum atomic E-state index is 11.2. The first-order chi connectivity index (χ1) is 17.4. The number of carbonyl (C=O) groups is 1. The molecule has 0 spiro atoms. The van der Waals surface area contributed by atoms with E-state index in [0.717, 1.165) is 33.4 Å². The summed E-state index contributed by atoms with van der Waals surface area (Å²) in [5.41, 5.74) is 11.5. The largest absolute Gasteiger partial charge is 0.457 e. The molecule has 3 aromatic heterocycles. The third kappa shape index (κ3) is 4.85. The van der Waals surface area contributed by atoms with Gasteiger partial charge in [0.15, 0.2) is 0 Å². The van der Waals surface area contributed by atoms with Crippen molar-refractivity contribution in [1.29, 1.82) is 0 Å². The van der Waals surface area contributed by atoms with Gasteiger partial charge in [0.25, 0.3) is 0 Å². The van der Waals surface area contributed by atoms with E-state index in [9.17, 15) is 4.79 Å². The van der Waals surface area contributed by atoms with Gasteiger partial charge in [0, 0.05) is 49.0 Å². The van der Waals surface area contributed by atoms with Gasteiger partial charge >= 0.3 is 0 Å². The molecule has 0 radical (unpaired) electrons. The predicted octanol–water partition coefficient (Wildman–Crippen LogP) is 5.56. The van der Waals surface area contributed by atoms with E-state index < -0.39 is 5.91 Å². The van der Waals surface area contributed by atoms with Gasteiger partial charge in [0.2, 0.25) is 11.9 Å². The van der Waals surface area contributed by atoms with Gasteiger partial charge in [-0.15, -0.1) is 0 Å². The number of nitrogens with zero attached hydrogens (tertiary/aromatic N) is 4. The van der Waals surface area contributed by atoms with Crippen LogP contribution in [0.1, 0.15) is 11.3 Å². The average molecular weight is 499 g/mol. The molecule has 8 nitrogen and oxygen atoms in total. The molecule has 0 unspecified atom stereocenters. The second-order valence-electron chi connectivity index (χ2n) is 8.38. The predicted molar refractivity (Wildman–Crippen MR) is 141 cm³/mol. The lowest BCUT2D eigenvalue weighted by Gasteiger charge is -2.12. The molecule has 3 heterocycles. The minimum Gasteiger partial charge on any atom is -0.457 e. The number of ether oxygens (including phenoxy) is 1. The third-order valence-electron chi connectivity index (χ3n) is 5.79. The van der Waals surface area contributed by atoms with Crippen LogP contribution in [0, 0.1) is 6.92 Å². The number of primary amides is 1. The molecule has 0 bridgehead atoms. The van der Waals surface area contributed by atoms with Gasteiger partial charge < -0.3 is 20.4 Å². The molecule has 0 fully saturated rings. The van der Waals surface area contributed by atoms with E-state index in [1.165, 1.54) is 0 Å². The van der Waals surface area contributed by atoms with Gasteiger partial charge in [-0.1, -0.05) is 17.7 Å². The fourth-order valence-electron chi connectivity index (χ4n) is 4.00. The molecule has 3 N–H and O–H groups in total. The van der Waals surface area contributed by atoms with Crippen molar-refractivity contribution in [2.75, 3.05) is 5.32 Å². The van der Waals surface area contributed by atoms with Gasteiger partial charge in [-0.3, -0.25) is 14.8 Å². The number of imidazole rings is 1. The first kappa shape index (κ1) is 23.3. The maximum Gasteiger partial charge on any atom is 0.223 e. The number of anilines is 2. The fraction of sp³-hybridized carbons (Fsp3) is 0.111. The molecule has 5 rings (SSSR count). The summed E-state index contributed by atoms with van der Waals surface area (Å²) in [6, 6.07) is 17.1. The van der Waals surface area contributed by atoms with Crippen LogP contribution >= 0.6 is 11.6 Å². The second kappa shape index (κ2) is 9.67. The molecule has 0 aliphatic rings. The Balaban J connectivity index is 1.41. The van der Waals surface area contributed by atoms with Crippen molar-refractivity contribution in [3.63, 3.8) is 0 Å². The normalized spacial score (nSPS) is 11.0. The van der Waals surface area contributed by atoms with Gasteiger partial charge in [0.05, 0.1) is 28.2 Å². The van der Waals surface area contributed by atoms with Crippen molar-refractivity contribution >= 4 is 40.2 Å². The summed E-state index contributed by atoms with van der Waals surface area (Å²) in [4.78, 5) is 24.2. The molecule has 0 saturated heterocycles. The number of nitrogens with one attached hydrogen (secondary N) is 1. The molecule has 0 atom stereocenters. The zero-order valence-electron chi connectivity index (χ0n) is 19.7. The monoisotopic (exact) mass is 498 g/mol. The first-order valence-corrected chi connectivity index (χ1v) is 11.6. The van der Waals surface area contributed by atoms with Crippen molar-refractivity contribution in [3.8, 4) is 22.6 Å². The summed E-state index contributed by atoms with van der Waals surface area (Å²) in [5, 5.41) is 4.01. The van der Waals surface area contributed by atoms with Gasteiger partial charge in [-0.25, -0.2) is 4.98 Å². The summed E-state index contributed by atoms with van der Waals surface area (Å²) in [6.45, 7) is 2.05. The molecule has 2 aromatic carbocycles. The van der Waals surface area contributed by atoms with Gasteiger partial charge in [0.1, 0.15) is 11.5 Å². The van der Waals surface area contributed by atoms with Crippen LogP contribution in [-0.4, -0.2) is 25.4 Å². The van der Waals surface area contributed by atoms with E-state index in [2.05, 4.69) is 21.4 Å². The number of nitrogens with two attached hydrogens (primary N) is 1. The van der Waals surface area contributed by atoms with E-state index in [4.69, 9.17) is 27.1 Å². The van der Waals surface area contributed by atoms with Crippen molar-refractivity contribution in [2.45, 2.75) is 13.3 Å². The molecule has 5 aromatic rings. The molecular formula is C27H23ClN6O2. The standard InChI is InChI=1S/C27H23ClN6O2/c1-16-3-4-17(12-22(16)21-8-9-30-15-23(21)28)32-27-33-24-14-19(5-6-25(24)34(27)2)36-20-7-10-31-18(11-20)13-26(29)35/h3-12,14-15H,13H2,1-2H3,(H2,29,35)(H,32,33). The number of fused-ring (bicyclic) bond motifs is 1. The smallest absolute Gasteiger partial charge is 0.223 e. The van der Waals surface area contributed by atoms with E-state index >= 15 is 0 Å². The van der Waals surface area contributed by atoms with Crippen LogP contribution in [0.3, 0.4) is 0 Å². The highest BCUT2D eigenvalue weighted by Gasteiger charge is 2.12. The Morgan fingerprint density at radius 1 is 1.06 bits per heavy atom. The van der Waals surface area contributed by atoms with Crippen LogP contribution in [0.25, 0.3) is 22.2 Å². The lowest BCUT2D eigenvalue weighted by Crippen LogP contribution is -2.14. The van der Waals surface area contributed by atoms with Crippen LogP contribution in [-0.2, 0) is 18.3 Å². The third-order valence-corrected chi connectivity index (χ3v) is 6.09. The maximum absolute atomic E-state index is 11.2. The zero-order valence-corrected chi connectivity index (χ0v) is 20.5. The summed E-state index contributed by atoms with van der Waals surface area (Å²) in [7, 11) is 1.95. The van der Waals surface area contributed by atoms with Crippen LogP contribution in [0.5, 0.6) is 11.5 Å². The number of aromatic nitrogens is 4. The lowest BCUT2D eigenvalue weighted by molar-refractivity contribution is -0.117. The van der Waals surface area contributed by atoms with Crippen LogP contribution in [0.15, 0.2) is 73.2 Å². The topological polar surface area (TPSA) is 108 Å². The Bertz CT molecular complexity index is 1600. The highest BCUT2D eigenvalue weighted by molar-refractivity contribution is 6.33. The summed E-state index contributed by atoms with van der Waals surface area (Å²) < 4.78 is 7.97. The number of hydrogen-bond donors (Lipinski definition) is 2. The lowest BCUT2D eigenvalue weighted by atomic mass is 10.0. The van der Waals surface area contributed by atoms with Crippen LogP contribution < -0.4 is 15.8 Å². The van der Waals surface area contributed by atoms with Crippen molar-refractivity contribution in [2.24, 2.45) is 12.8 Å². The molecular weight excluding hydrogens is 476 g/mol. The second-order valence-corrected chi connectivity index (χ2v) is 8.79. The number of halogens is 1. The minimum absolute atomic E-state index is 0.0552. The van der Waals surface area contributed by atoms with Crippen molar-refractivity contribution in [1.82, 2.24) is 19.5 Å². The molecule has 0 aliphatic carbocycles. The number of benzene rings is 2. The molecule has 36 heavy (non-hydrogen) atoms. The number of pyridine rings is 2. The molecule has 0 aliphatic heterocycles. The summed E-state index contributed by atoms with van der Waals surface area (Å²) >= 11 is 6.39. The number of hydrogen-bond acceptors (Lipinski definition) is 6. The average Bonchev–Trinajstić information content (AvgIpc) is 3.15. The van der Waals surface area contributed by atoms with E-state index in [0.29, 0.717) is 28.2 Å². The van der Waals surface area contributed by atoms with E-state index in [1.807, 2.05) is 54.9 Å². The highest BCUT2D eigenvalue weighted by Crippen LogP contribution is 2.33. The van der Waals surface area contributed by atoms with Crippen LogP contribution in [0.4, 0.5) is 11.6 Å². The van der Waals surface area contributed by atoms with Crippen LogP contribution in [0.2, 0.25) is 5.02 Å². The molecule has 0 saturated carbocycles. The van der Waals surface area contributed by atoms with Gasteiger partial charge in [-0.2, -0.15) is 0 Å². The fourth-order valence-corrected chi connectivity index (χ4v) is 4.22. The molecule has 180 valence electrons. The first-order valence-electron chi connectivity index (χ1n) is 11.2. The zero-order chi connectivity index (χ0) is 25.2. The Kier molecular flexibility index (Phi) is 6.26. The highest BCUT2D eigenvalue weighted by atomic mass is 35.5. The molecule has 9 heteroatoms. The summed E-state index contributed by atoms with van der Waals surface area (Å²) in [5.74, 6) is 1.43. The Hall–Kier alpha value is -4.43. The quantitative estimate of drug-likeness (QED) is 0.304. The van der Waals surface area contributed by atoms with Crippen molar-refractivity contribution < 1.29 is 9.53 Å². The number of aryl methyl sites for hydroxylation is 2. The minimum atomic E-state index is -0.445.